The quantitative estimate of drug-likeness (QED) is 0.839. The van der Waals surface area contributed by atoms with Crippen molar-refractivity contribution in [3.8, 4) is 0 Å². The van der Waals surface area contributed by atoms with Crippen LogP contribution in [0.2, 0.25) is 0 Å². The van der Waals surface area contributed by atoms with E-state index in [4.69, 9.17) is 4.74 Å². The van der Waals surface area contributed by atoms with Gasteiger partial charge in [0.2, 0.25) is 0 Å². The van der Waals surface area contributed by atoms with Crippen LogP contribution in [0.1, 0.15) is 26.5 Å². The van der Waals surface area contributed by atoms with Gasteiger partial charge in [0, 0.05) is 24.3 Å². The molecule has 2 rings (SSSR count). The zero-order valence-electron chi connectivity index (χ0n) is 11.0. The number of ether oxygens (including phenoxy) is 1. The lowest BCUT2D eigenvalue weighted by Gasteiger charge is -2.09. The molecule has 0 aromatic carbocycles. The van der Waals surface area contributed by atoms with E-state index in [2.05, 4.69) is 5.32 Å². The van der Waals surface area contributed by atoms with Gasteiger partial charge in [0.15, 0.2) is 0 Å². The summed E-state index contributed by atoms with van der Waals surface area (Å²) in [6.45, 7) is 0.779. The Labute approximate surface area is 121 Å². The Kier molecular flexibility index (Phi) is 5.69. The summed E-state index contributed by atoms with van der Waals surface area (Å²) in [5, 5.41) is 12.3. The maximum Gasteiger partial charge on any atom is 0.261 e. The number of hydrogen-bond acceptors (Lipinski definition) is 5. The molecule has 19 heavy (non-hydrogen) atoms. The molecule has 106 valence electrons. The number of rotatable bonds is 6. The van der Waals surface area contributed by atoms with E-state index in [1.54, 1.807) is 18.4 Å². The molecule has 2 heterocycles. The molecule has 1 aromatic heterocycles. The molecule has 4 nitrogen and oxygen atoms in total. The van der Waals surface area contributed by atoms with Crippen LogP contribution in [0.15, 0.2) is 6.07 Å². The number of thioether (sulfide) groups is 1. The van der Waals surface area contributed by atoms with Gasteiger partial charge < -0.3 is 15.2 Å². The van der Waals surface area contributed by atoms with Crippen molar-refractivity contribution >= 4 is 29.0 Å². The van der Waals surface area contributed by atoms with Crippen molar-refractivity contribution in [3.05, 3.63) is 21.4 Å². The first-order valence-corrected chi connectivity index (χ1v) is 8.32. The third-order valence-corrected chi connectivity index (χ3v) is 5.22. The molecule has 2 N–H and O–H groups in total. The van der Waals surface area contributed by atoms with Crippen LogP contribution in [0, 0.1) is 0 Å². The molecule has 1 aromatic rings. The average molecular weight is 301 g/mol. The topological polar surface area (TPSA) is 58.6 Å². The van der Waals surface area contributed by atoms with Crippen LogP contribution in [0.3, 0.4) is 0 Å². The van der Waals surface area contributed by atoms with Gasteiger partial charge >= 0.3 is 0 Å². The van der Waals surface area contributed by atoms with Gasteiger partial charge in [0.25, 0.3) is 5.91 Å². The van der Waals surface area contributed by atoms with Crippen LogP contribution in [0.4, 0.5) is 0 Å². The van der Waals surface area contributed by atoms with Gasteiger partial charge in [-0.1, -0.05) is 0 Å². The zero-order chi connectivity index (χ0) is 13.7. The minimum absolute atomic E-state index is 0.0333. The van der Waals surface area contributed by atoms with Gasteiger partial charge in [-0.2, -0.15) is 11.8 Å². The van der Waals surface area contributed by atoms with E-state index in [1.807, 2.05) is 17.8 Å². The van der Waals surface area contributed by atoms with Crippen molar-refractivity contribution in [2.45, 2.75) is 24.7 Å². The smallest absolute Gasteiger partial charge is 0.261 e. The maximum absolute atomic E-state index is 12.0. The summed E-state index contributed by atoms with van der Waals surface area (Å²) in [4.78, 5) is 14.1. The number of thiophene rings is 1. The third-order valence-electron chi connectivity index (χ3n) is 2.97. The highest BCUT2D eigenvalue weighted by molar-refractivity contribution is 7.98. The minimum atomic E-state index is -0.516. The average Bonchev–Trinajstić information content (AvgIpc) is 2.82. The highest BCUT2D eigenvalue weighted by Gasteiger charge is 2.17. The largest absolute Gasteiger partial charge is 0.391 e. The van der Waals surface area contributed by atoms with Crippen LogP contribution in [0.5, 0.6) is 0 Å². The second kappa shape index (κ2) is 7.28. The Bertz CT molecular complexity index is 410. The molecule has 0 spiro atoms. The molecule has 0 saturated heterocycles. The molecular formula is C13H19NO3S2. The second-order valence-electron chi connectivity index (χ2n) is 4.52. The molecule has 0 fully saturated rings. The zero-order valence-corrected chi connectivity index (χ0v) is 12.6. The molecule has 0 bridgehead atoms. The lowest BCUT2D eigenvalue weighted by atomic mass is 10.2. The standard InChI is InChI=1S/C13H19NO3S2/c1-17-7-10(15)2-4-14-13(16)12-6-9-8-18-5-3-11(9)19-12/h6,10,15H,2-5,7-8H2,1H3,(H,14,16). The van der Waals surface area contributed by atoms with E-state index in [0.29, 0.717) is 19.6 Å². The molecule has 1 aliphatic rings. The second-order valence-corrected chi connectivity index (χ2v) is 6.76. The van der Waals surface area contributed by atoms with Gasteiger partial charge in [0.1, 0.15) is 0 Å². The summed E-state index contributed by atoms with van der Waals surface area (Å²) in [7, 11) is 1.55. The summed E-state index contributed by atoms with van der Waals surface area (Å²) < 4.78 is 4.84. The van der Waals surface area contributed by atoms with Crippen molar-refractivity contribution in [1.29, 1.82) is 0 Å². The summed E-state index contributed by atoms with van der Waals surface area (Å²) >= 11 is 3.52. The van der Waals surface area contributed by atoms with Crippen LogP contribution in [-0.4, -0.2) is 43.1 Å². The minimum Gasteiger partial charge on any atom is -0.391 e. The fourth-order valence-corrected chi connectivity index (χ4v) is 4.26. The van der Waals surface area contributed by atoms with E-state index in [0.717, 1.165) is 22.8 Å². The Morgan fingerprint density at radius 3 is 3.21 bits per heavy atom. The number of nitrogens with one attached hydrogen (secondary N) is 1. The summed E-state index contributed by atoms with van der Waals surface area (Å²) in [6.07, 6.45) is 1.07. The molecule has 1 aliphatic heterocycles. The Hall–Kier alpha value is -0.560. The van der Waals surface area contributed by atoms with Gasteiger partial charge in [-0.05, 0) is 30.2 Å². The van der Waals surface area contributed by atoms with Crippen LogP contribution >= 0.6 is 23.1 Å². The van der Waals surface area contributed by atoms with Crippen molar-refractivity contribution in [1.82, 2.24) is 5.32 Å². The predicted octanol–water partition coefficient (Wildman–Crippen LogP) is 1.66. The number of fused-ring (bicyclic) bond motifs is 1. The summed E-state index contributed by atoms with van der Waals surface area (Å²) in [6, 6.07) is 2.01. The third kappa shape index (κ3) is 4.21. The number of amides is 1. The van der Waals surface area contributed by atoms with Crippen LogP contribution < -0.4 is 5.32 Å². The Morgan fingerprint density at radius 1 is 1.63 bits per heavy atom. The van der Waals surface area contributed by atoms with Crippen LogP contribution in [-0.2, 0) is 16.9 Å². The van der Waals surface area contributed by atoms with E-state index < -0.39 is 6.10 Å². The lowest BCUT2D eigenvalue weighted by molar-refractivity contribution is 0.0588. The van der Waals surface area contributed by atoms with Crippen molar-refractivity contribution in [3.63, 3.8) is 0 Å². The van der Waals surface area contributed by atoms with Crippen molar-refractivity contribution in [2.75, 3.05) is 26.0 Å². The molecule has 1 amide bonds. The van der Waals surface area contributed by atoms with Crippen molar-refractivity contribution < 1.29 is 14.6 Å². The van der Waals surface area contributed by atoms with E-state index in [-0.39, 0.29) is 5.91 Å². The fraction of sp³-hybridized carbons (Fsp3) is 0.615. The monoisotopic (exact) mass is 301 g/mol. The number of methoxy groups -OCH3 is 1. The number of aliphatic hydroxyl groups is 1. The molecule has 0 saturated carbocycles. The number of carbonyl (C=O) groups excluding carboxylic acids is 1. The molecule has 6 heteroatoms. The summed E-state index contributed by atoms with van der Waals surface area (Å²) in [5.74, 6) is 2.14. The highest BCUT2D eigenvalue weighted by atomic mass is 32.2. The molecule has 1 atom stereocenters. The number of carbonyl (C=O) groups is 1. The van der Waals surface area contributed by atoms with E-state index in [1.165, 1.54) is 10.4 Å². The Balaban J connectivity index is 1.81. The van der Waals surface area contributed by atoms with Crippen molar-refractivity contribution in [2.24, 2.45) is 0 Å². The molecule has 0 radical (unpaired) electrons. The Morgan fingerprint density at radius 2 is 2.47 bits per heavy atom. The van der Waals surface area contributed by atoms with Gasteiger partial charge in [0.05, 0.1) is 17.6 Å². The van der Waals surface area contributed by atoms with Gasteiger partial charge in [-0.15, -0.1) is 11.3 Å². The molecule has 1 unspecified atom stereocenters. The lowest BCUT2D eigenvalue weighted by Crippen LogP contribution is -2.27. The normalized spacial score (nSPS) is 15.9. The maximum atomic E-state index is 12.0. The SMILES string of the molecule is COCC(O)CCNC(=O)c1cc2c(s1)CCSC2. The molecule has 0 aliphatic carbocycles. The number of hydrogen-bond donors (Lipinski definition) is 2. The first kappa shape index (κ1) is 14.8. The van der Waals surface area contributed by atoms with Gasteiger partial charge in [-0.3, -0.25) is 4.79 Å². The number of aliphatic hydroxyl groups excluding tert-OH is 1. The van der Waals surface area contributed by atoms with Gasteiger partial charge in [-0.25, -0.2) is 0 Å². The number of aryl methyl sites for hydroxylation is 1. The van der Waals surface area contributed by atoms with E-state index in [9.17, 15) is 9.90 Å². The van der Waals surface area contributed by atoms with E-state index >= 15 is 0 Å². The highest BCUT2D eigenvalue weighted by Crippen LogP contribution is 2.31. The fourth-order valence-electron chi connectivity index (χ4n) is 1.97. The summed E-state index contributed by atoms with van der Waals surface area (Å²) in [5.41, 5.74) is 1.31. The first-order chi connectivity index (χ1) is 9.20. The first-order valence-electron chi connectivity index (χ1n) is 6.35. The van der Waals surface area contributed by atoms with Crippen LogP contribution in [0.25, 0.3) is 0 Å². The predicted molar refractivity (Wildman–Crippen MR) is 79.0 cm³/mol. The molecular weight excluding hydrogens is 282 g/mol.